The van der Waals surface area contributed by atoms with E-state index in [0.29, 0.717) is 26.2 Å². The molecule has 0 aromatic heterocycles. The number of carbonyl (C=O) groups is 2. The van der Waals surface area contributed by atoms with Crippen LogP contribution in [0.25, 0.3) is 0 Å². The second-order valence-electron chi connectivity index (χ2n) is 7.96. The molecule has 0 bridgehead atoms. The third-order valence-corrected chi connectivity index (χ3v) is 5.11. The number of unbranched alkanes of at least 4 members (excludes halogenated alkanes) is 9. The van der Waals surface area contributed by atoms with Crippen molar-refractivity contribution in [2.75, 3.05) is 39.3 Å². The molecule has 1 unspecified atom stereocenters. The lowest BCUT2D eigenvalue weighted by Crippen LogP contribution is -2.47. The number of nitrogens with two attached hydrogens (primary N) is 3. The normalized spacial score (nSPS) is 12.0. The Morgan fingerprint density at radius 1 is 0.567 bits per heavy atom. The van der Waals surface area contributed by atoms with E-state index < -0.39 is 6.04 Å². The summed E-state index contributed by atoms with van der Waals surface area (Å²) in [6.07, 6.45) is 12.6. The summed E-state index contributed by atoms with van der Waals surface area (Å²) in [6, 6.07) is -0.485. The quantitative estimate of drug-likeness (QED) is 0.142. The molecule has 0 saturated heterocycles. The average Bonchev–Trinajstić information content (AvgIpc) is 2.74. The van der Waals surface area contributed by atoms with E-state index in [9.17, 15) is 9.59 Å². The Morgan fingerprint density at radius 3 is 1.50 bits per heavy atom. The minimum atomic E-state index is -0.485. The Hall–Kier alpha value is -1.22. The van der Waals surface area contributed by atoms with Crippen molar-refractivity contribution in [3.05, 3.63) is 0 Å². The molecular formula is C22H48N6O2. The van der Waals surface area contributed by atoms with Crippen molar-refractivity contribution in [1.29, 1.82) is 0 Å². The van der Waals surface area contributed by atoms with Crippen molar-refractivity contribution in [3.63, 3.8) is 0 Å². The highest BCUT2D eigenvalue weighted by molar-refractivity contribution is 5.88. The number of carbonyl (C=O) groups excluding carboxylic acids is 2. The highest BCUT2D eigenvalue weighted by Gasteiger charge is 2.20. The van der Waals surface area contributed by atoms with Crippen LogP contribution >= 0.6 is 0 Å². The van der Waals surface area contributed by atoms with Crippen molar-refractivity contribution in [2.45, 2.75) is 89.5 Å². The van der Waals surface area contributed by atoms with Crippen molar-refractivity contribution < 1.29 is 9.59 Å². The Morgan fingerprint density at radius 2 is 1.00 bits per heavy atom. The van der Waals surface area contributed by atoms with Gasteiger partial charge in [-0.25, -0.2) is 0 Å². The van der Waals surface area contributed by atoms with Crippen molar-refractivity contribution >= 4 is 11.8 Å². The lowest BCUT2D eigenvalue weighted by atomic mass is 10.1. The van der Waals surface area contributed by atoms with Gasteiger partial charge in [-0.15, -0.1) is 0 Å². The summed E-state index contributed by atoms with van der Waals surface area (Å²) in [5.41, 5.74) is 16.5. The van der Waals surface area contributed by atoms with Gasteiger partial charge in [0.2, 0.25) is 11.8 Å². The molecule has 2 amide bonds. The molecule has 0 fully saturated rings. The van der Waals surface area contributed by atoms with Crippen LogP contribution in [0.4, 0.5) is 0 Å². The van der Waals surface area contributed by atoms with Crippen LogP contribution in [0.1, 0.15) is 83.5 Å². The van der Waals surface area contributed by atoms with Gasteiger partial charge in [-0.2, -0.15) is 0 Å². The Kier molecular flexibility index (Phi) is 21.6. The monoisotopic (exact) mass is 428 g/mol. The number of rotatable bonds is 22. The third kappa shape index (κ3) is 18.8. The van der Waals surface area contributed by atoms with Crippen LogP contribution in [0.5, 0.6) is 0 Å². The smallest absolute Gasteiger partial charge is 0.237 e. The average molecular weight is 429 g/mol. The van der Waals surface area contributed by atoms with Crippen molar-refractivity contribution in [3.8, 4) is 0 Å². The van der Waals surface area contributed by atoms with Gasteiger partial charge in [0, 0.05) is 13.1 Å². The fourth-order valence-electron chi connectivity index (χ4n) is 3.22. The molecule has 0 rings (SSSR count). The first-order chi connectivity index (χ1) is 14.7. The number of amides is 2. The largest absolute Gasteiger partial charge is 0.356 e. The summed E-state index contributed by atoms with van der Waals surface area (Å²) in [5, 5.41) is 9.19. The predicted octanol–water partition coefficient (Wildman–Crippen LogP) is 1.12. The van der Waals surface area contributed by atoms with Gasteiger partial charge >= 0.3 is 0 Å². The zero-order valence-electron chi connectivity index (χ0n) is 19.1. The standard InChI is InChI=1S/C22H48N6O2/c23-13-7-1-4-10-16-26-20(22(30)28-18-12-6-3-9-15-25)19-21(29)27-17-11-5-2-8-14-24/h20,26H,1-19,23-25H2,(H,27,29)(H,28,30). The molecule has 1 atom stereocenters. The van der Waals surface area contributed by atoms with Gasteiger partial charge in [-0.1, -0.05) is 38.5 Å². The van der Waals surface area contributed by atoms with Crippen molar-refractivity contribution in [2.24, 2.45) is 17.2 Å². The van der Waals surface area contributed by atoms with E-state index in [2.05, 4.69) is 16.0 Å². The minimum Gasteiger partial charge on any atom is -0.356 e. The lowest BCUT2D eigenvalue weighted by Gasteiger charge is -2.18. The zero-order valence-corrected chi connectivity index (χ0v) is 19.1. The van der Waals surface area contributed by atoms with Gasteiger partial charge in [0.25, 0.3) is 0 Å². The van der Waals surface area contributed by atoms with E-state index in [1.54, 1.807) is 0 Å². The fourth-order valence-corrected chi connectivity index (χ4v) is 3.22. The van der Waals surface area contributed by atoms with Crippen LogP contribution in [-0.2, 0) is 9.59 Å². The third-order valence-electron chi connectivity index (χ3n) is 5.11. The van der Waals surface area contributed by atoms with E-state index in [4.69, 9.17) is 17.2 Å². The van der Waals surface area contributed by atoms with Crippen LogP contribution in [0.3, 0.4) is 0 Å². The Balaban J connectivity index is 4.23. The molecular weight excluding hydrogens is 380 g/mol. The summed E-state index contributed by atoms with van der Waals surface area (Å²) in [6.45, 7) is 4.17. The van der Waals surface area contributed by atoms with E-state index in [0.717, 1.165) is 90.1 Å². The SMILES string of the molecule is NCCCCCCNC(=O)CC(NCCCCCCN)C(=O)NCCCCCCN. The zero-order chi connectivity index (χ0) is 22.3. The number of hydrogen-bond acceptors (Lipinski definition) is 6. The molecule has 0 heterocycles. The molecule has 9 N–H and O–H groups in total. The molecule has 0 aliphatic heterocycles. The Bertz CT molecular complexity index is 409. The van der Waals surface area contributed by atoms with Gasteiger partial charge in [0.05, 0.1) is 12.5 Å². The van der Waals surface area contributed by atoms with E-state index in [-0.39, 0.29) is 18.2 Å². The summed E-state index contributed by atoms with van der Waals surface area (Å²) in [7, 11) is 0. The topological polar surface area (TPSA) is 148 Å². The second kappa shape index (κ2) is 22.5. The summed E-state index contributed by atoms with van der Waals surface area (Å²) < 4.78 is 0. The molecule has 0 aliphatic rings. The van der Waals surface area contributed by atoms with Crippen LogP contribution in [0.15, 0.2) is 0 Å². The van der Waals surface area contributed by atoms with Crippen LogP contribution < -0.4 is 33.2 Å². The molecule has 0 aliphatic carbocycles. The predicted molar refractivity (Wildman–Crippen MR) is 125 cm³/mol. The van der Waals surface area contributed by atoms with Crippen LogP contribution in [0.2, 0.25) is 0 Å². The first-order valence-corrected chi connectivity index (χ1v) is 12.0. The summed E-state index contributed by atoms with van der Waals surface area (Å²) in [4.78, 5) is 24.9. The molecule has 0 radical (unpaired) electrons. The summed E-state index contributed by atoms with van der Waals surface area (Å²) in [5.74, 6) is -0.165. The molecule has 178 valence electrons. The molecule has 8 nitrogen and oxygen atoms in total. The molecule has 0 aromatic carbocycles. The molecule has 0 aromatic rings. The number of hydrogen-bond donors (Lipinski definition) is 6. The van der Waals surface area contributed by atoms with E-state index in [1.165, 1.54) is 0 Å². The minimum absolute atomic E-state index is 0.0763. The molecule has 0 saturated carbocycles. The van der Waals surface area contributed by atoms with Gasteiger partial charge in [0.1, 0.15) is 0 Å². The van der Waals surface area contributed by atoms with Gasteiger partial charge in [0.15, 0.2) is 0 Å². The Labute approximate surface area is 183 Å². The summed E-state index contributed by atoms with van der Waals surface area (Å²) >= 11 is 0. The van der Waals surface area contributed by atoms with Gasteiger partial charge < -0.3 is 33.2 Å². The highest BCUT2D eigenvalue weighted by Crippen LogP contribution is 2.02. The van der Waals surface area contributed by atoms with Gasteiger partial charge in [-0.3, -0.25) is 9.59 Å². The number of nitrogens with one attached hydrogen (secondary N) is 3. The molecule has 30 heavy (non-hydrogen) atoms. The van der Waals surface area contributed by atoms with E-state index >= 15 is 0 Å². The van der Waals surface area contributed by atoms with Crippen molar-refractivity contribution in [1.82, 2.24) is 16.0 Å². The van der Waals surface area contributed by atoms with Crippen LogP contribution in [0, 0.1) is 0 Å². The first kappa shape index (κ1) is 28.8. The first-order valence-electron chi connectivity index (χ1n) is 12.0. The molecule has 0 spiro atoms. The lowest BCUT2D eigenvalue weighted by molar-refractivity contribution is -0.128. The fraction of sp³-hybridized carbons (Fsp3) is 0.909. The highest BCUT2D eigenvalue weighted by atomic mass is 16.2. The van der Waals surface area contributed by atoms with E-state index in [1.807, 2.05) is 0 Å². The second-order valence-corrected chi connectivity index (χ2v) is 7.96. The maximum atomic E-state index is 12.6. The maximum Gasteiger partial charge on any atom is 0.237 e. The maximum absolute atomic E-state index is 12.6. The van der Waals surface area contributed by atoms with Crippen LogP contribution in [-0.4, -0.2) is 57.1 Å². The van der Waals surface area contributed by atoms with Gasteiger partial charge in [-0.05, 0) is 64.7 Å². The molecule has 8 heteroatoms.